The molecule has 3 rings (SSSR count). The molecule has 176 valence electrons. The van der Waals surface area contributed by atoms with Crippen LogP contribution in [0.25, 0.3) is 11.1 Å². The van der Waals surface area contributed by atoms with Gasteiger partial charge in [-0.3, -0.25) is 9.59 Å². The molecule has 2 amide bonds. The highest BCUT2D eigenvalue weighted by Crippen LogP contribution is 2.44. The quantitative estimate of drug-likeness (QED) is 0.502. The molecule has 0 aliphatic heterocycles. The zero-order valence-electron chi connectivity index (χ0n) is 19.4. The number of aliphatic carboxylic acids is 1. The standard InChI is InChI=1S/C26H32N2O5/c1-4-17(23(29)30)15-28-24(31)26(2,3)13-14-27-25(32)33-16-22-20-11-7-5-9-18(20)19-10-6-8-12-21(19)22/h5-12,17,22H,4,13-16H2,1-3H3,(H,27,32)(H,28,31)(H,29,30). The van der Waals surface area contributed by atoms with Crippen molar-refractivity contribution in [3.63, 3.8) is 0 Å². The summed E-state index contributed by atoms with van der Waals surface area (Å²) in [5.74, 6) is -1.78. The predicted octanol–water partition coefficient (Wildman–Crippen LogP) is 4.17. The molecular formula is C26H32N2O5. The lowest BCUT2D eigenvalue weighted by Gasteiger charge is -2.24. The number of carboxylic acid groups (broad SMARTS) is 1. The Bertz CT molecular complexity index is 972. The van der Waals surface area contributed by atoms with Crippen molar-refractivity contribution in [2.24, 2.45) is 11.3 Å². The first-order valence-corrected chi connectivity index (χ1v) is 11.3. The summed E-state index contributed by atoms with van der Waals surface area (Å²) >= 11 is 0. The van der Waals surface area contributed by atoms with Gasteiger partial charge in [0.15, 0.2) is 0 Å². The van der Waals surface area contributed by atoms with Crippen molar-refractivity contribution in [1.29, 1.82) is 0 Å². The molecule has 0 saturated heterocycles. The SMILES string of the molecule is CCC(CNC(=O)C(C)(C)CCNC(=O)OCC1c2ccccc2-c2ccccc21)C(=O)O. The molecule has 0 spiro atoms. The molecule has 0 bridgehead atoms. The van der Waals surface area contributed by atoms with E-state index >= 15 is 0 Å². The van der Waals surface area contributed by atoms with Gasteiger partial charge in [0.25, 0.3) is 0 Å². The average Bonchev–Trinajstić information content (AvgIpc) is 3.11. The van der Waals surface area contributed by atoms with Crippen molar-refractivity contribution in [1.82, 2.24) is 10.6 Å². The van der Waals surface area contributed by atoms with Crippen LogP contribution in [0.15, 0.2) is 48.5 Å². The van der Waals surface area contributed by atoms with E-state index in [0.29, 0.717) is 12.8 Å². The van der Waals surface area contributed by atoms with Gasteiger partial charge in [-0.05, 0) is 35.1 Å². The second-order valence-electron chi connectivity index (χ2n) is 9.04. The molecule has 2 aromatic rings. The van der Waals surface area contributed by atoms with E-state index in [4.69, 9.17) is 9.84 Å². The van der Waals surface area contributed by atoms with E-state index in [0.717, 1.165) is 11.1 Å². The monoisotopic (exact) mass is 452 g/mol. The Balaban J connectivity index is 1.47. The summed E-state index contributed by atoms with van der Waals surface area (Å²) in [6, 6.07) is 16.3. The van der Waals surface area contributed by atoms with Crippen LogP contribution in [0.1, 0.15) is 50.7 Å². The minimum atomic E-state index is -0.924. The number of carbonyl (C=O) groups excluding carboxylic acids is 2. The van der Waals surface area contributed by atoms with Crippen LogP contribution in [-0.2, 0) is 14.3 Å². The summed E-state index contributed by atoms with van der Waals surface area (Å²) in [6.07, 6.45) is 0.316. The lowest BCUT2D eigenvalue weighted by molar-refractivity contribution is -0.142. The van der Waals surface area contributed by atoms with E-state index in [1.807, 2.05) is 24.3 Å². The Kier molecular flexibility index (Phi) is 7.74. The number of hydrogen-bond acceptors (Lipinski definition) is 4. The van der Waals surface area contributed by atoms with Gasteiger partial charge in [0.1, 0.15) is 6.61 Å². The highest BCUT2D eigenvalue weighted by Gasteiger charge is 2.30. The first kappa shape index (κ1) is 24.3. The molecule has 7 nitrogen and oxygen atoms in total. The Morgan fingerprint density at radius 2 is 1.58 bits per heavy atom. The third-order valence-electron chi connectivity index (χ3n) is 6.33. The van der Waals surface area contributed by atoms with Crippen molar-refractivity contribution in [3.05, 3.63) is 59.7 Å². The number of alkyl carbamates (subject to hydrolysis) is 1. The van der Waals surface area contributed by atoms with Crippen LogP contribution < -0.4 is 10.6 Å². The summed E-state index contributed by atoms with van der Waals surface area (Å²) in [4.78, 5) is 35.9. The first-order valence-electron chi connectivity index (χ1n) is 11.3. The third-order valence-corrected chi connectivity index (χ3v) is 6.33. The zero-order chi connectivity index (χ0) is 24.0. The van der Waals surface area contributed by atoms with Gasteiger partial charge < -0.3 is 20.5 Å². The number of nitrogens with one attached hydrogen (secondary N) is 2. The van der Waals surface area contributed by atoms with Gasteiger partial charge in [-0.25, -0.2) is 4.79 Å². The minimum Gasteiger partial charge on any atom is -0.481 e. The van der Waals surface area contributed by atoms with Crippen molar-refractivity contribution in [3.8, 4) is 11.1 Å². The normalized spacial score (nSPS) is 13.5. The fraction of sp³-hybridized carbons (Fsp3) is 0.423. The second-order valence-corrected chi connectivity index (χ2v) is 9.04. The van der Waals surface area contributed by atoms with E-state index in [1.165, 1.54) is 11.1 Å². The maximum absolute atomic E-state index is 12.5. The van der Waals surface area contributed by atoms with Crippen molar-refractivity contribution in [2.75, 3.05) is 19.7 Å². The lowest BCUT2D eigenvalue weighted by atomic mass is 9.88. The number of benzene rings is 2. The minimum absolute atomic E-state index is 0.00823. The Labute approximate surface area is 194 Å². The molecule has 7 heteroatoms. The van der Waals surface area contributed by atoms with E-state index in [9.17, 15) is 14.4 Å². The van der Waals surface area contributed by atoms with E-state index in [2.05, 4.69) is 34.9 Å². The molecule has 3 N–H and O–H groups in total. The van der Waals surface area contributed by atoms with Crippen molar-refractivity contribution >= 4 is 18.0 Å². The Morgan fingerprint density at radius 3 is 2.12 bits per heavy atom. The van der Waals surface area contributed by atoms with Crippen LogP contribution >= 0.6 is 0 Å². The van der Waals surface area contributed by atoms with Crippen LogP contribution in [0.5, 0.6) is 0 Å². The lowest BCUT2D eigenvalue weighted by Crippen LogP contribution is -2.42. The maximum atomic E-state index is 12.5. The third kappa shape index (κ3) is 5.72. The van der Waals surface area contributed by atoms with Gasteiger partial charge in [-0.15, -0.1) is 0 Å². The molecule has 0 aromatic heterocycles. The molecule has 2 aromatic carbocycles. The van der Waals surface area contributed by atoms with Crippen LogP contribution in [0, 0.1) is 11.3 Å². The smallest absolute Gasteiger partial charge is 0.407 e. The van der Waals surface area contributed by atoms with Gasteiger partial charge in [0.05, 0.1) is 5.92 Å². The molecule has 0 saturated carbocycles. The molecule has 0 radical (unpaired) electrons. The van der Waals surface area contributed by atoms with Gasteiger partial charge in [-0.1, -0.05) is 69.3 Å². The molecule has 0 heterocycles. The number of carboxylic acids is 1. The predicted molar refractivity (Wildman–Crippen MR) is 126 cm³/mol. The maximum Gasteiger partial charge on any atom is 0.407 e. The van der Waals surface area contributed by atoms with E-state index in [1.54, 1.807) is 20.8 Å². The summed E-state index contributed by atoms with van der Waals surface area (Å²) in [6.45, 7) is 5.90. The molecule has 0 fully saturated rings. The number of rotatable bonds is 10. The van der Waals surface area contributed by atoms with Crippen molar-refractivity contribution < 1.29 is 24.2 Å². The van der Waals surface area contributed by atoms with E-state index < -0.39 is 23.4 Å². The average molecular weight is 453 g/mol. The fourth-order valence-corrected chi connectivity index (χ4v) is 4.10. The van der Waals surface area contributed by atoms with Gasteiger partial charge in [-0.2, -0.15) is 0 Å². The number of amides is 2. The van der Waals surface area contributed by atoms with Gasteiger partial charge in [0, 0.05) is 24.4 Å². The molecule has 1 aliphatic rings. The first-order chi connectivity index (χ1) is 15.7. The highest BCUT2D eigenvalue weighted by molar-refractivity contribution is 5.82. The Hall–Kier alpha value is -3.35. The van der Waals surface area contributed by atoms with E-state index in [-0.39, 0.29) is 31.5 Å². The summed E-state index contributed by atoms with van der Waals surface area (Å²) < 4.78 is 5.52. The largest absolute Gasteiger partial charge is 0.481 e. The molecular weight excluding hydrogens is 420 g/mol. The second kappa shape index (κ2) is 10.5. The van der Waals surface area contributed by atoms with Gasteiger partial charge >= 0.3 is 12.1 Å². The fourth-order valence-electron chi connectivity index (χ4n) is 4.10. The summed E-state index contributed by atoms with van der Waals surface area (Å²) in [5, 5.41) is 14.6. The van der Waals surface area contributed by atoms with Gasteiger partial charge in [0.2, 0.25) is 5.91 Å². The number of ether oxygens (including phenoxy) is 1. The highest BCUT2D eigenvalue weighted by atomic mass is 16.5. The molecule has 1 unspecified atom stereocenters. The number of carbonyl (C=O) groups is 3. The molecule has 1 aliphatic carbocycles. The van der Waals surface area contributed by atoms with Crippen LogP contribution in [0.4, 0.5) is 4.79 Å². The number of fused-ring (bicyclic) bond motifs is 3. The topological polar surface area (TPSA) is 105 Å². The van der Waals surface area contributed by atoms with Crippen LogP contribution in [0.3, 0.4) is 0 Å². The number of hydrogen-bond donors (Lipinski definition) is 3. The molecule has 33 heavy (non-hydrogen) atoms. The summed E-state index contributed by atoms with van der Waals surface area (Å²) in [7, 11) is 0. The molecule has 1 atom stereocenters. The Morgan fingerprint density at radius 1 is 1.00 bits per heavy atom. The van der Waals surface area contributed by atoms with Crippen molar-refractivity contribution in [2.45, 2.75) is 39.5 Å². The summed E-state index contributed by atoms with van der Waals surface area (Å²) in [5.41, 5.74) is 3.88. The van der Waals surface area contributed by atoms with Crippen LogP contribution in [-0.4, -0.2) is 42.8 Å². The van der Waals surface area contributed by atoms with Crippen LogP contribution in [0.2, 0.25) is 0 Å². The zero-order valence-corrected chi connectivity index (χ0v) is 19.4.